The van der Waals surface area contributed by atoms with Crippen LogP contribution in [0, 0.1) is 12.7 Å². The number of fused-ring (bicyclic) bond motifs is 1. The van der Waals surface area contributed by atoms with Gasteiger partial charge in [0.25, 0.3) is 0 Å². The van der Waals surface area contributed by atoms with Gasteiger partial charge in [-0.25, -0.2) is 9.37 Å². The summed E-state index contributed by atoms with van der Waals surface area (Å²) in [6, 6.07) is 6.75. The fourth-order valence-electron chi connectivity index (χ4n) is 2.65. The number of rotatable bonds is 3. The summed E-state index contributed by atoms with van der Waals surface area (Å²) < 4.78 is 14.8. The summed E-state index contributed by atoms with van der Waals surface area (Å²) in [5, 5.41) is 14.6. The highest BCUT2D eigenvalue weighted by Gasteiger charge is 2.18. The van der Waals surface area contributed by atoms with Crippen molar-refractivity contribution < 1.29 is 9.50 Å². The van der Waals surface area contributed by atoms with Crippen molar-refractivity contribution in [1.29, 1.82) is 0 Å². The van der Waals surface area contributed by atoms with Gasteiger partial charge in [0.2, 0.25) is 5.88 Å². The molecule has 4 nitrogen and oxygen atoms in total. The van der Waals surface area contributed by atoms with Crippen molar-refractivity contribution in [2.24, 2.45) is 0 Å². The van der Waals surface area contributed by atoms with Gasteiger partial charge in [0.15, 0.2) is 5.65 Å². The molecule has 1 N–H and O–H groups in total. The van der Waals surface area contributed by atoms with Crippen molar-refractivity contribution >= 4 is 5.65 Å². The molecule has 2 heterocycles. The molecule has 0 spiro atoms. The largest absolute Gasteiger partial charge is 0.493 e. The van der Waals surface area contributed by atoms with E-state index in [1.807, 2.05) is 13.8 Å². The van der Waals surface area contributed by atoms with Gasteiger partial charge >= 0.3 is 0 Å². The molecule has 0 saturated carbocycles. The van der Waals surface area contributed by atoms with E-state index in [1.165, 1.54) is 10.6 Å². The van der Waals surface area contributed by atoms with Gasteiger partial charge in [0.1, 0.15) is 5.82 Å². The Morgan fingerprint density at radius 1 is 1.27 bits per heavy atom. The number of halogens is 1. The summed E-state index contributed by atoms with van der Waals surface area (Å²) in [7, 11) is 0. The molecule has 1 aromatic carbocycles. The zero-order valence-corrected chi connectivity index (χ0v) is 12.8. The van der Waals surface area contributed by atoms with Crippen LogP contribution in [0.1, 0.15) is 42.1 Å². The van der Waals surface area contributed by atoms with Gasteiger partial charge in [-0.15, -0.1) is 0 Å². The first-order valence-electron chi connectivity index (χ1n) is 7.28. The normalized spacial score (nSPS) is 11.5. The van der Waals surface area contributed by atoms with Crippen LogP contribution in [-0.4, -0.2) is 19.7 Å². The van der Waals surface area contributed by atoms with Crippen molar-refractivity contribution in [3.8, 4) is 5.88 Å². The molecule has 0 amide bonds. The van der Waals surface area contributed by atoms with Crippen LogP contribution in [0.25, 0.3) is 5.65 Å². The van der Waals surface area contributed by atoms with E-state index in [1.54, 1.807) is 31.3 Å². The minimum absolute atomic E-state index is 0.0979. The van der Waals surface area contributed by atoms with Crippen LogP contribution >= 0.6 is 0 Å². The maximum atomic E-state index is 13.4. The highest BCUT2D eigenvalue weighted by molar-refractivity contribution is 5.47. The van der Waals surface area contributed by atoms with Crippen molar-refractivity contribution in [2.75, 3.05) is 0 Å². The molecule has 0 aliphatic carbocycles. The molecule has 22 heavy (non-hydrogen) atoms. The molecule has 5 heteroatoms. The first-order chi connectivity index (χ1) is 10.5. The second-order valence-corrected chi connectivity index (χ2v) is 5.82. The Morgan fingerprint density at radius 3 is 2.73 bits per heavy atom. The molecular formula is C17H18FN3O. The number of aromatic nitrogens is 3. The van der Waals surface area contributed by atoms with Crippen LogP contribution in [0.3, 0.4) is 0 Å². The second-order valence-electron chi connectivity index (χ2n) is 5.82. The first kappa shape index (κ1) is 14.5. The minimum Gasteiger partial charge on any atom is -0.493 e. The van der Waals surface area contributed by atoms with Crippen molar-refractivity contribution in [2.45, 2.75) is 33.1 Å². The van der Waals surface area contributed by atoms with E-state index >= 15 is 0 Å². The Balaban J connectivity index is 2.13. The number of nitrogens with zero attached hydrogens (tertiary/aromatic N) is 3. The van der Waals surface area contributed by atoms with E-state index in [0.717, 1.165) is 16.8 Å². The molecule has 114 valence electrons. The summed E-state index contributed by atoms with van der Waals surface area (Å²) in [6.45, 7) is 5.80. The number of hydrogen-bond donors (Lipinski definition) is 1. The molecule has 0 atom stereocenters. The summed E-state index contributed by atoms with van der Waals surface area (Å²) in [4.78, 5) is 4.60. The van der Waals surface area contributed by atoms with Crippen LogP contribution in [0.15, 0.2) is 30.5 Å². The average molecular weight is 299 g/mol. The minimum atomic E-state index is -0.224. The van der Waals surface area contributed by atoms with E-state index in [-0.39, 0.29) is 17.6 Å². The molecule has 0 aliphatic rings. The van der Waals surface area contributed by atoms with E-state index in [0.29, 0.717) is 17.6 Å². The summed E-state index contributed by atoms with van der Waals surface area (Å²) in [5.74, 6) is 0.0423. The molecular weight excluding hydrogens is 281 g/mol. The lowest BCUT2D eigenvalue weighted by atomic mass is 9.97. The second kappa shape index (κ2) is 5.40. The smallest absolute Gasteiger partial charge is 0.219 e. The summed E-state index contributed by atoms with van der Waals surface area (Å²) in [6.07, 6.45) is 2.10. The predicted molar refractivity (Wildman–Crippen MR) is 82.7 cm³/mol. The van der Waals surface area contributed by atoms with Gasteiger partial charge in [0, 0.05) is 18.1 Å². The Bertz CT molecular complexity index is 839. The molecule has 0 saturated heterocycles. The fraction of sp³-hybridized carbons (Fsp3) is 0.294. The molecule has 0 unspecified atom stereocenters. The highest BCUT2D eigenvalue weighted by atomic mass is 19.1. The lowest BCUT2D eigenvalue weighted by molar-refractivity contribution is 0.426. The van der Waals surface area contributed by atoms with Crippen LogP contribution in [0.5, 0.6) is 5.88 Å². The zero-order chi connectivity index (χ0) is 15.9. The maximum Gasteiger partial charge on any atom is 0.219 e. The number of aryl methyl sites for hydroxylation is 1. The van der Waals surface area contributed by atoms with Gasteiger partial charge < -0.3 is 5.11 Å². The lowest BCUT2D eigenvalue weighted by Crippen LogP contribution is -2.06. The number of hydrogen-bond acceptors (Lipinski definition) is 3. The molecule has 3 aromatic rings. The van der Waals surface area contributed by atoms with Crippen molar-refractivity contribution in [1.82, 2.24) is 14.6 Å². The van der Waals surface area contributed by atoms with Crippen molar-refractivity contribution in [3.63, 3.8) is 0 Å². The fourth-order valence-corrected chi connectivity index (χ4v) is 2.65. The molecule has 0 aliphatic heterocycles. The van der Waals surface area contributed by atoms with Gasteiger partial charge in [-0.1, -0.05) is 26.0 Å². The first-order valence-corrected chi connectivity index (χ1v) is 7.28. The topological polar surface area (TPSA) is 50.4 Å². The van der Waals surface area contributed by atoms with Crippen LogP contribution < -0.4 is 0 Å². The summed E-state index contributed by atoms with van der Waals surface area (Å²) >= 11 is 0. The summed E-state index contributed by atoms with van der Waals surface area (Å²) in [5.41, 5.74) is 3.73. The molecule has 0 fully saturated rings. The van der Waals surface area contributed by atoms with E-state index in [2.05, 4.69) is 10.1 Å². The standard InChI is InChI=1S/C17H18FN3O/c1-10(2)16-13(9-12-4-5-14(18)11(3)8-12)17(22)21-15(20-16)6-7-19-21/h4-8,10,22H,9H2,1-3H3. The third-order valence-corrected chi connectivity index (χ3v) is 3.79. The molecule has 0 radical (unpaired) electrons. The Kier molecular flexibility index (Phi) is 3.56. The maximum absolute atomic E-state index is 13.4. The Morgan fingerprint density at radius 2 is 2.05 bits per heavy atom. The average Bonchev–Trinajstić information content (AvgIpc) is 2.94. The van der Waals surface area contributed by atoms with Crippen LogP contribution in [0.4, 0.5) is 4.39 Å². The van der Waals surface area contributed by atoms with Gasteiger partial charge in [0.05, 0.1) is 11.9 Å². The van der Waals surface area contributed by atoms with Gasteiger partial charge in [-0.05, 0) is 30.0 Å². The van der Waals surface area contributed by atoms with Gasteiger partial charge in [-0.3, -0.25) is 0 Å². The number of benzene rings is 1. The third-order valence-electron chi connectivity index (χ3n) is 3.79. The monoisotopic (exact) mass is 299 g/mol. The third kappa shape index (κ3) is 2.43. The van der Waals surface area contributed by atoms with Gasteiger partial charge in [-0.2, -0.15) is 9.61 Å². The molecule has 3 rings (SSSR count). The molecule has 2 aromatic heterocycles. The molecule has 0 bridgehead atoms. The van der Waals surface area contributed by atoms with E-state index in [9.17, 15) is 9.50 Å². The highest BCUT2D eigenvalue weighted by Crippen LogP contribution is 2.29. The zero-order valence-electron chi connectivity index (χ0n) is 12.8. The van der Waals surface area contributed by atoms with Crippen molar-refractivity contribution in [3.05, 3.63) is 58.7 Å². The Labute approximate surface area is 128 Å². The van der Waals surface area contributed by atoms with Crippen LogP contribution in [-0.2, 0) is 6.42 Å². The lowest BCUT2D eigenvalue weighted by Gasteiger charge is -2.15. The predicted octanol–water partition coefficient (Wildman–Crippen LogP) is 3.60. The SMILES string of the molecule is Cc1cc(Cc2c(C(C)C)nc3ccnn3c2O)ccc1F. The number of aromatic hydroxyl groups is 1. The van der Waals surface area contributed by atoms with Crippen LogP contribution in [0.2, 0.25) is 0 Å². The van der Waals surface area contributed by atoms with E-state index < -0.39 is 0 Å². The van der Waals surface area contributed by atoms with E-state index in [4.69, 9.17) is 0 Å². The quantitative estimate of drug-likeness (QED) is 0.804. The Hall–Kier alpha value is -2.43.